The Morgan fingerprint density at radius 1 is 1.53 bits per heavy atom. The molecule has 0 aromatic rings. The SMILES string of the molecule is CCOC(=O)C1CCC(O)(CNC(C)CSC)CC1. The van der Waals surface area contributed by atoms with Crippen LogP contribution in [0.5, 0.6) is 0 Å². The zero-order chi connectivity index (χ0) is 14.3. The van der Waals surface area contributed by atoms with E-state index in [4.69, 9.17) is 4.74 Å². The molecular formula is C14H27NO3S. The highest BCUT2D eigenvalue weighted by Gasteiger charge is 2.36. The molecule has 1 unspecified atom stereocenters. The first-order chi connectivity index (χ1) is 9.00. The third-order valence-electron chi connectivity index (χ3n) is 3.73. The van der Waals surface area contributed by atoms with Crippen LogP contribution >= 0.6 is 11.8 Å². The minimum absolute atomic E-state index is 0.0242. The van der Waals surface area contributed by atoms with Gasteiger partial charge in [0.2, 0.25) is 0 Å². The molecule has 1 aliphatic carbocycles. The maximum atomic E-state index is 11.6. The molecule has 0 bridgehead atoms. The van der Waals surface area contributed by atoms with Crippen molar-refractivity contribution in [1.82, 2.24) is 5.32 Å². The molecule has 0 amide bonds. The third-order valence-corrected chi connectivity index (χ3v) is 4.57. The molecule has 1 rings (SSSR count). The Bertz CT molecular complexity index is 278. The maximum absolute atomic E-state index is 11.6. The minimum Gasteiger partial charge on any atom is -0.466 e. The van der Waals surface area contributed by atoms with Crippen LogP contribution in [0.1, 0.15) is 39.5 Å². The number of rotatable bonds is 7. The molecule has 5 heteroatoms. The smallest absolute Gasteiger partial charge is 0.308 e. The summed E-state index contributed by atoms with van der Waals surface area (Å²) in [4.78, 5) is 11.6. The second-order valence-corrected chi connectivity index (χ2v) is 6.40. The highest BCUT2D eigenvalue weighted by atomic mass is 32.2. The molecule has 4 nitrogen and oxygen atoms in total. The summed E-state index contributed by atoms with van der Waals surface area (Å²) < 4.78 is 5.04. The van der Waals surface area contributed by atoms with Crippen LogP contribution < -0.4 is 5.32 Å². The fraction of sp³-hybridized carbons (Fsp3) is 0.929. The fourth-order valence-electron chi connectivity index (χ4n) is 2.50. The van der Waals surface area contributed by atoms with E-state index in [1.165, 1.54) is 0 Å². The van der Waals surface area contributed by atoms with Crippen LogP contribution in [0.2, 0.25) is 0 Å². The molecule has 0 aliphatic heterocycles. The van der Waals surface area contributed by atoms with Gasteiger partial charge in [-0.25, -0.2) is 0 Å². The monoisotopic (exact) mass is 289 g/mol. The van der Waals surface area contributed by atoms with Crippen molar-refractivity contribution in [1.29, 1.82) is 0 Å². The summed E-state index contributed by atoms with van der Waals surface area (Å²) in [6.07, 6.45) is 4.89. The number of ether oxygens (including phenoxy) is 1. The van der Waals surface area contributed by atoms with Gasteiger partial charge in [-0.1, -0.05) is 0 Å². The lowest BCUT2D eigenvalue weighted by Gasteiger charge is -2.36. The van der Waals surface area contributed by atoms with Gasteiger partial charge in [0.05, 0.1) is 18.1 Å². The molecule has 1 atom stereocenters. The lowest BCUT2D eigenvalue weighted by molar-refractivity contribution is -0.151. The highest BCUT2D eigenvalue weighted by molar-refractivity contribution is 7.98. The van der Waals surface area contributed by atoms with E-state index in [-0.39, 0.29) is 11.9 Å². The van der Waals surface area contributed by atoms with Crippen molar-refractivity contribution in [2.45, 2.75) is 51.2 Å². The van der Waals surface area contributed by atoms with Crippen molar-refractivity contribution in [3.05, 3.63) is 0 Å². The Balaban J connectivity index is 2.32. The van der Waals surface area contributed by atoms with E-state index in [1.807, 2.05) is 6.92 Å². The van der Waals surface area contributed by atoms with Crippen molar-refractivity contribution >= 4 is 17.7 Å². The normalized spacial score (nSPS) is 28.9. The van der Waals surface area contributed by atoms with Crippen molar-refractivity contribution in [3.63, 3.8) is 0 Å². The number of nitrogens with one attached hydrogen (secondary N) is 1. The van der Waals surface area contributed by atoms with E-state index in [0.717, 1.165) is 18.6 Å². The van der Waals surface area contributed by atoms with E-state index < -0.39 is 5.60 Å². The minimum atomic E-state index is -0.657. The fourth-order valence-corrected chi connectivity index (χ4v) is 3.12. The highest BCUT2D eigenvalue weighted by Crippen LogP contribution is 2.32. The zero-order valence-electron chi connectivity index (χ0n) is 12.3. The first-order valence-electron chi connectivity index (χ1n) is 7.12. The number of carbonyl (C=O) groups is 1. The largest absolute Gasteiger partial charge is 0.466 e. The van der Waals surface area contributed by atoms with Gasteiger partial charge in [0.1, 0.15) is 0 Å². The summed E-state index contributed by atoms with van der Waals surface area (Å²) in [6, 6.07) is 0.404. The number of thioether (sulfide) groups is 1. The molecule has 2 N–H and O–H groups in total. The molecule has 1 fully saturated rings. The van der Waals surface area contributed by atoms with E-state index in [1.54, 1.807) is 11.8 Å². The molecule has 0 aromatic heterocycles. The number of hydrogen-bond acceptors (Lipinski definition) is 5. The topological polar surface area (TPSA) is 58.6 Å². The second-order valence-electron chi connectivity index (χ2n) is 5.49. The molecule has 1 aliphatic rings. The summed E-state index contributed by atoms with van der Waals surface area (Å²) in [7, 11) is 0. The van der Waals surface area contributed by atoms with Gasteiger partial charge >= 0.3 is 5.97 Å². The van der Waals surface area contributed by atoms with Crippen LogP contribution in [0.15, 0.2) is 0 Å². The number of aliphatic hydroxyl groups is 1. The maximum Gasteiger partial charge on any atom is 0.308 e. The van der Waals surface area contributed by atoms with Crippen LogP contribution in [0.3, 0.4) is 0 Å². The molecule has 0 aromatic carbocycles. The van der Waals surface area contributed by atoms with Crippen LogP contribution in [-0.2, 0) is 9.53 Å². The Morgan fingerprint density at radius 3 is 2.68 bits per heavy atom. The van der Waals surface area contributed by atoms with Gasteiger partial charge in [-0.05, 0) is 45.8 Å². The van der Waals surface area contributed by atoms with Gasteiger partial charge in [0.15, 0.2) is 0 Å². The molecule has 0 saturated heterocycles. The molecule has 19 heavy (non-hydrogen) atoms. The molecule has 112 valence electrons. The second kappa shape index (κ2) is 8.12. The van der Waals surface area contributed by atoms with Crippen LogP contribution in [0.25, 0.3) is 0 Å². The summed E-state index contributed by atoms with van der Waals surface area (Å²) in [6.45, 7) is 5.01. The van der Waals surface area contributed by atoms with Gasteiger partial charge < -0.3 is 15.2 Å². The zero-order valence-corrected chi connectivity index (χ0v) is 13.1. The quantitative estimate of drug-likeness (QED) is 0.700. The van der Waals surface area contributed by atoms with Crippen molar-refractivity contribution < 1.29 is 14.6 Å². The van der Waals surface area contributed by atoms with Gasteiger partial charge in [-0.3, -0.25) is 4.79 Å². The van der Waals surface area contributed by atoms with Crippen LogP contribution in [0, 0.1) is 5.92 Å². The lowest BCUT2D eigenvalue weighted by atomic mass is 9.78. The van der Waals surface area contributed by atoms with E-state index >= 15 is 0 Å². The molecular weight excluding hydrogens is 262 g/mol. The van der Waals surface area contributed by atoms with Gasteiger partial charge in [-0.15, -0.1) is 0 Å². The van der Waals surface area contributed by atoms with Gasteiger partial charge in [0.25, 0.3) is 0 Å². The summed E-state index contributed by atoms with van der Waals surface area (Å²) >= 11 is 1.80. The predicted octanol–water partition coefficient (Wildman–Crippen LogP) is 1.81. The third kappa shape index (κ3) is 5.71. The number of esters is 1. The molecule has 0 radical (unpaired) electrons. The standard InChI is InChI=1S/C14H27NO3S/c1-4-18-13(16)12-5-7-14(17,8-6-12)10-15-11(2)9-19-3/h11-12,15,17H,4-10H2,1-3H3. The Labute approximate surface area is 120 Å². The predicted molar refractivity (Wildman–Crippen MR) is 79.4 cm³/mol. The van der Waals surface area contributed by atoms with E-state index in [2.05, 4.69) is 18.5 Å². The summed E-state index contributed by atoms with van der Waals surface area (Å²) in [5, 5.41) is 13.9. The molecule has 1 saturated carbocycles. The van der Waals surface area contributed by atoms with Crippen molar-refractivity contribution in [2.75, 3.05) is 25.2 Å². The van der Waals surface area contributed by atoms with Gasteiger partial charge in [-0.2, -0.15) is 11.8 Å². The van der Waals surface area contributed by atoms with E-state index in [9.17, 15) is 9.90 Å². The Hall–Kier alpha value is -0.260. The van der Waals surface area contributed by atoms with Crippen molar-refractivity contribution in [3.8, 4) is 0 Å². The summed E-state index contributed by atoms with van der Waals surface area (Å²) in [5.41, 5.74) is -0.657. The average Bonchev–Trinajstić information content (AvgIpc) is 2.38. The number of carbonyl (C=O) groups excluding carboxylic acids is 1. The number of hydrogen-bond donors (Lipinski definition) is 2. The summed E-state index contributed by atoms with van der Waals surface area (Å²) in [5.74, 6) is 0.916. The Morgan fingerprint density at radius 2 is 2.16 bits per heavy atom. The van der Waals surface area contributed by atoms with Crippen LogP contribution in [0.4, 0.5) is 0 Å². The first-order valence-corrected chi connectivity index (χ1v) is 8.51. The van der Waals surface area contributed by atoms with Crippen LogP contribution in [-0.4, -0.2) is 47.9 Å². The Kier molecular flexibility index (Phi) is 7.18. The lowest BCUT2D eigenvalue weighted by Crippen LogP contribution is -2.47. The average molecular weight is 289 g/mol. The van der Waals surface area contributed by atoms with Crippen molar-refractivity contribution in [2.24, 2.45) is 5.92 Å². The van der Waals surface area contributed by atoms with Gasteiger partial charge in [0, 0.05) is 18.3 Å². The molecule has 0 heterocycles. The molecule has 0 spiro atoms. The van der Waals surface area contributed by atoms with E-state index in [0.29, 0.717) is 32.0 Å². The first kappa shape index (κ1) is 16.8.